The van der Waals surface area contributed by atoms with Gasteiger partial charge in [-0.3, -0.25) is 0 Å². The molecule has 0 spiro atoms. The molecule has 1 atom stereocenters. The molecular formula is C10H11ClF5NO. The third-order valence-corrected chi connectivity index (χ3v) is 1.98. The van der Waals surface area contributed by atoms with Crippen molar-refractivity contribution in [2.24, 2.45) is 5.73 Å². The standard InChI is InChI=1S/C10H10F5NO.ClH/c11-5-8(16)6-1-3-7(4-2-6)17-10(14,15)9(12)13;/h1-4,8-9H,5,16H2;1H/t8-;/m1./s1. The van der Waals surface area contributed by atoms with Gasteiger partial charge in [0, 0.05) is 0 Å². The lowest BCUT2D eigenvalue weighted by atomic mass is 10.1. The fourth-order valence-electron chi connectivity index (χ4n) is 1.07. The Morgan fingerprint density at radius 1 is 1.17 bits per heavy atom. The van der Waals surface area contributed by atoms with Crippen molar-refractivity contribution in [3.63, 3.8) is 0 Å². The van der Waals surface area contributed by atoms with Crippen molar-refractivity contribution < 1.29 is 26.7 Å². The fraction of sp³-hybridized carbons (Fsp3) is 0.400. The topological polar surface area (TPSA) is 35.2 Å². The Kier molecular flexibility index (Phi) is 6.34. The normalized spacial score (nSPS) is 13.1. The summed E-state index contributed by atoms with van der Waals surface area (Å²) >= 11 is 0. The van der Waals surface area contributed by atoms with Crippen LogP contribution in [0.3, 0.4) is 0 Å². The number of nitrogens with two attached hydrogens (primary N) is 1. The molecule has 0 fully saturated rings. The molecule has 18 heavy (non-hydrogen) atoms. The van der Waals surface area contributed by atoms with E-state index in [4.69, 9.17) is 5.73 Å². The van der Waals surface area contributed by atoms with E-state index in [0.29, 0.717) is 5.56 Å². The van der Waals surface area contributed by atoms with Crippen LogP contribution in [0.2, 0.25) is 0 Å². The van der Waals surface area contributed by atoms with Crippen LogP contribution >= 0.6 is 12.4 Å². The van der Waals surface area contributed by atoms with Gasteiger partial charge in [0.1, 0.15) is 12.4 Å². The van der Waals surface area contributed by atoms with Gasteiger partial charge in [0.2, 0.25) is 0 Å². The highest BCUT2D eigenvalue weighted by Crippen LogP contribution is 2.28. The third kappa shape index (κ3) is 4.30. The Hall–Kier alpha value is -1.08. The third-order valence-electron chi connectivity index (χ3n) is 1.98. The van der Waals surface area contributed by atoms with Crippen LogP contribution in [0.1, 0.15) is 11.6 Å². The van der Waals surface area contributed by atoms with Crippen LogP contribution in [0.4, 0.5) is 22.0 Å². The van der Waals surface area contributed by atoms with Gasteiger partial charge in [-0.1, -0.05) is 12.1 Å². The van der Waals surface area contributed by atoms with Crippen molar-refractivity contribution in [3.8, 4) is 5.75 Å². The predicted octanol–water partition coefficient (Wildman–Crippen LogP) is 3.31. The lowest BCUT2D eigenvalue weighted by molar-refractivity contribution is -0.253. The monoisotopic (exact) mass is 291 g/mol. The maximum absolute atomic E-state index is 12.5. The zero-order valence-corrected chi connectivity index (χ0v) is 9.77. The minimum absolute atomic E-state index is 0. The Labute approximate surface area is 106 Å². The molecule has 0 aliphatic heterocycles. The van der Waals surface area contributed by atoms with Crippen LogP contribution in [-0.2, 0) is 0 Å². The molecule has 0 saturated heterocycles. The molecule has 0 aromatic heterocycles. The number of ether oxygens (including phenoxy) is 1. The number of hydrogen-bond donors (Lipinski definition) is 1. The van der Waals surface area contributed by atoms with Gasteiger partial charge in [0.15, 0.2) is 0 Å². The van der Waals surface area contributed by atoms with E-state index in [0.717, 1.165) is 12.1 Å². The van der Waals surface area contributed by atoms with Crippen LogP contribution in [0.15, 0.2) is 24.3 Å². The van der Waals surface area contributed by atoms with Crippen molar-refractivity contribution >= 4 is 12.4 Å². The predicted molar refractivity (Wildman–Crippen MR) is 58.2 cm³/mol. The number of benzene rings is 1. The molecule has 0 radical (unpaired) electrons. The first-order chi connectivity index (χ1) is 7.86. The second-order valence-corrected chi connectivity index (χ2v) is 3.29. The Balaban J connectivity index is 0.00000289. The van der Waals surface area contributed by atoms with Crippen LogP contribution in [0.25, 0.3) is 0 Å². The van der Waals surface area contributed by atoms with Gasteiger partial charge in [-0.2, -0.15) is 17.6 Å². The summed E-state index contributed by atoms with van der Waals surface area (Å²) in [7, 11) is 0. The highest BCUT2D eigenvalue weighted by molar-refractivity contribution is 5.85. The number of rotatable bonds is 5. The molecule has 0 unspecified atom stereocenters. The molecule has 0 heterocycles. The van der Waals surface area contributed by atoms with Crippen LogP contribution in [0, 0.1) is 0 Å². The van der Waals surface area contributed by atoms with Crippen molar-refractivity contribution in [2.75, 3.05) is 6.67 Å². The molecule has 0 saturated carbocycles. The smallest absolute Gasteiger partial charge is 0.428 e. The molecule has 1 aromatic rings. The fourth-order valence-corrected chi connectivity index (χ4v) is 1.07. The van der Waals surface area contributed by atoms with E-state index in [-0.39, 0.29) is 12.4 Å². The van der Waals surface area contributed by atoms with Gasteiger partial charge in [0.05, 0.1) is 6.04 Å². The number of alkyl halides is 5. The maximum atomic E-state index is 12.5. The molecule has 0 bridgehead atoms. The minimum atomic E-state index is -4.55. The van der Waals surface area contributed by atoms with Gasteiger partial charge in [0.25, 0.3) is 0 Å². The number of hydrogen-bond acceptors (Lipinski definition) is 2. The zero-order valence-electron chi connectivity index (χ0n) is 8.95. The van der Waals surface area contributed by atoms with Crippen molar-refractivity contribution in [3.05, 3.63) is 29.8 Å². The second-order valence-electron chi connectivity index (χ2n) is 3.29. The molecule has 2 nitrogen and oxygen atoms in total. The molecule has 2 N–H and O–H groups in total. The van der Waals surface area contributed by atoms with Gasteiger partial charge in [-0.15, -0.1) is 12.4 Å². The lowest BCUT2D eigenvalue weighted by Crippen LogP contribution is -2.33. The Bertz CT molecular complexity index is 360. The molecule has 1 aromatic carbocycles. The van der Waals surface area contributed by atoms with E-state index in [1.54, 1.807) is 0 Å². The SMILES string of the molecule is Cl.N[C@H](CF)c1ccc(OC(F)(F)C(F)F)cc1. The highest BCUT2D eigenvalue weighted by atomic mass is 35.5. The molecule has 8 heteroatoms. The molecule has 0 aliphatic carbocycles. The van der Waals surface area contributed by atoms with Gasteiger partial charge < -0.3 is 10.5 Å². The first-order valence-corrected chi connectivity index (χ1v) is 4.63. The summed E-state index contributed by atoms with van der Waals surface area (Å²) < 4.78 is 64.6. The number of halogens is 6. The van der Waals surface area contributed by atoms with E-state index in [9.17, 15) is 22.0 Å². The van der Waals surface area contributed by atoms with Crippen molar-refractivity contribution in [1.82, 2.24) is 0 Å². The molecule has 0 amide bonds. The van der Waals surface area contributed by atoms with E-state index >= 15 is 0 Å². The lowest BCUT2D eigenvalue weighted by Gasteiger charge is -2.17. The maximum Gasteiger partial charge on any atom is 0.461 e. The second kappa shape index (κ2) is 6.75. The Morgan fingerprint density at radius 3 is 2.06 bits per heavy atom. The molecular weight excluding hydrogens is 281 g/mol. The van der Waals surface area contributed by atoms with Crippen molar-refractivity contribution in [2.45, 2.75) is 18.6 Å². The largest absolute Gasteiger partial charge is 0.461 e. The van der Waals surface area contributed by atoms with Crippen LogP contribution < -0.4 is 10.5 Å². The van der Waals surface area contributed by atoms with E-state index in [2.05, 4.69) is 4.74 Å². The summed E-state index contributed by atoms with van der Waals surface area (Å²) in [6.07, 6.45) is -8.47. The van der Waals surface area contributed by atoms with E-state index < -0.39 is 31.0 Å². The average Bonchev–Trinajstić information content (AvgIpc) is 2.28. The first-order valence-electron chi connectivity index (χ1n) is 4.63. The zero-order chi connectivity index (χ0) is 13.1. The summed E-state index contributed by atoms with van der Waals surface area (Å²) in [5, 5.41) is 0. The summed E-state index contributed by atoms with van der Waals surface area (Å²) in [6.45, 7) is -0.812. The van der Waals surface area contributed by atoms with Gasteiger partial charge in [-0.25, -0.2) is 4.39 Å². The van der Waals surface area contributed by atoms with Gasteiger partial charge >= 0.3 is 12.5 Å². The first kappa shape index (κ1) is 16.9. The van der Waals surface area contributed by atoms with E-state index in [1.807, 2.05) is 0 Å². The van der Waals surface area contributed by atoms with E-state index in [1.165, 1.54) is 12.1 Å². The molecule has 1 rings (SSSR count). The summed E-state index contributed by atoms with van der Waals surface area (Å²) in [5.74, 6) is -0.440. The van der Waals surface area contributed by atoms with Crippen LogP contribution in [0.5, 0.6) is 5.75 Å². The summed E-state index contributed by atoms with van der Waals surface area (Å²) in [6, 6.07) is 3.66. The van der Waals surface area contributed by atoms with Gasteiger partial charge in [-0.05, 0) is 17.7 Å². The van der Waals surface area contributed by atoms with Crippen LogP contribution in [-0.4, -0.2) is 19.2 Å². The summed E-state index contributed by atoms with van der Waals surface area (Å²) in [4.78, 5) is 0. The molecule has 0 aliphatic rings. The quantitative estimate of drug-likeness (QED) is 0.845. The minimum Gasteiger partial charge on any atom is -0.428 e. The molecule has 104 valence electrons. The summed E-state index contributed by atoms with van der Waals surface area (Å²) in [5.41, 5.74) is 5.70. The van der Waals surface area contributed by atoms with Crippen molar-refractivity contribution in [1.29, 1.82) is 0 Å². The Morgan fingerprint density at radius 2 is 1.67 bits per heavy atom. The average molecular weight is 292 g/mol. The highest BCUT2D eigenvalue weighted by Gasteiger charge is 2.43.